The van der Waals surface area contributed by atoms with Crippen molar-refractivity contribution in [2.45, 2.75) is 6.54 Å². The molecule has 0 amide bonds. The lowest BCUT2D eigenvalue weighted by atomic mass is 10.2. The summed E-state index contributed by atoms with van der Waals surface area (Å²) >= 11 is 0. The zero-order valence-corrected chi connectivity index (χ0v) is 15.2. The van der Waals surface area contributed by atoms with Crippen molar-refractivity contribution >= 4 is 21.6 Å². The van der Waals surface area contributed by atoms with Crippen molar-refractivity contribution in [3.05, 3.63) is 60.2 Å². The Morgan fingerprint density at radius 3 is 2.35 bits per heavy atom. The number of carbonyl (C=O) groups is 1. The molecule has 0 aliphatic rings. The number of anilines is 1. The molecule has 1 N–H and O–H groups in total. The zero-order chi connectivity index (χ0) is 18.5. The van der Waals surface area contributed by atoms with E-state index in [9.17, 15) is 9.90 Å². The predicted octanol–water partition coefficient (Wildman–Crippen LogP) is 3.32. The van der Waals surface area contributed by atoms with Crippen LogP contribution in [0.1, 0.15) is 5.56 Å². The summed E-state index contributed by atoms with van der Waals surface area (Å²) in [5.74, 6) is 1.10. The maximum atomic E-state index is 11.8. The zero-order valence-electron chi connectivity index (χ0n) is 14.4. The van der Waals surface area contributed by atoms with Crippen LogP contribution in [0, 0.1) is 0 Å². The van der Waals surface area contributed by atoms with Crippen LogP contribution in [-0.2, 0) is 6.54 Å². The van der Waals surface area contributed by atoms with Crippen molar-refractivity contribution in [3.8, 4) is 21.4 Å². The van der Waals surface area contributed by atoms with Crippen molar-refractivity contribution in [1.82, 2.24) is 4.98 Å². The summed E-state index contributed by atoms with van der Waals surface area (Å²) in [5, 5.41) is 14.4. The summed E-state index contributed by atoms with van der Waals surface area (Å²) in [5.41, 5.74) is 1.74. The average molecular weight is 370 g/mol. The van der Waals surface area contributed by atoms with E-state index < -0.39 is 15.8 Å². The van der Waals surface area contributed by atoms with Gasteiger partial charge in [-0.1, -0.05) is 30.3 Å². The maximum absolute atomic E-state index is 11.8. The number of hydrogen-bond acceptors (Lipinski definition) is 6. The number of methoxy groups -OCH3 is 2. The Morgan fingerprint density at radius 1 is 1.08 bits per heavy atom. The summed E-state index contributed by atoms with van der Waals surface area (Å²) in [6.45, 7) is 0.507. The molecule has 1 unspecified atom stereocenters. The molecule has 134 valence electrons. The molecule has 7 heteroatoms. The van der Waals surface area contributed by atoms with E-state index in [1.807, 2.05) is 30.3 Å². The second kappa shape index (κ2) is 7.88. The van der Waals surface area contributed by atoms with Gasteiger partial charge in [0.15, 0.2) is 0 Å². The first-order valence-corrected chi connectivity index (χ1v) is 9.11. The number of nitrogens with zero attached hydrogens (tertiary/aromatic N) is 1. The van der Waals surface area contributed by atoms with E-state index >= 15 is 0 Å². The van der Waals surface area contributed by atoms with Gasteiger partial charge in [0, 0.05) is 6.54 Å². The Labute approximate surface area is 154 Å². The Balaban J connectivity index is 1.98. The van der Waals surface area contributed by atoms with Gasteiger partial charge >= 0.3 is 10.4 Å². The number of rotatable bonds is 7. The van der Waals surface area contributed by atoms with E-state index in [4.69, 9.17) is 9.47 Å². The van der Waals surface area contributed by atoms with Crippen LogP contribution in [0.25, 0.3) is 10.6 Å². The summed E-state index contributed by atoms with van der Waals surface area (Å²) in [4.78, 5) is 16.2. The van der Waals surface area contributed by atoms with Crippen LogP contribution in [-0.4, -0.2) is 24.5 Å². The Kier molecular flexibility index (Phi) is 5.38. The minimum atomic E-state index is -1.39. The van der Waals surface area contributed by atoms with E-state index in [2.05, 4.69) is 10.3 Å². The molecule has 0 fully saturated rings. The number of carbonyl (C=O) groups excluding carboxylic acids is 1. The predicted molar refractivity (Wildman–Crippen MR) is 99.8 cm³/mol. The topological polar surface area (TPSA) is 83.5 Å². The summed E-state index contributed by atoms with van der Waals surface area (Å²) in [6, 6.07) is 16.8. The Hall–Kier alpha value is -3.06. The van der Waals surface area contributed by atoms with Gasteiger partial charge < -0.3 is 24.7 Å². The third-order valence-electron chi connectivity index (χ3n) is 3.78. The molecule has 6 nitrogen and oxygen atoms in total. The van der Waals surface area contributed by atoms with E-state index in [1.165, 1.54) is 7.11 Å². The number of benzene rings is 2. The highest BCUT2D eigenvalue weighted by atomic mass is 32.2. The van der Waals surface area contributed by atoms with Crippen LogP contribution in [0.15, 0.2) is 54.6 Å². The van der Waals surface area contributed by atoms with Crippen LogP contribution in [0.3, 0.4) is 0 Å². The highest BCUT2D eigenvalue weighted by molar-refractivity contribution is 7.54. The van der Waals surface area contributed by atoms with Gasteiger partial charge in [-0.25, -0.2) is 0 Å². The maximum Gasteiger partial charge on any atom is 0.381 e. The lowest BCUT2D eigenvalue weighted by Crippen LogP contribution is -2.17. The van der Waals surface area contributed by atoms with Crippen LogP contribution in [0.2, 0.25) is 0 Å². The molecule has 3 rings (SSSR count). The molecule has 0 saturated heterocycles. The lowest BCUT2D eigenvalue weighted by Gasteiger charge is -2.03. The first-order chi connectivity index (χ1) is 12.6. The molecule has 3 aromatic rings. The second-order valence-corrected chi connectivity index (χ2v) is 7.08. The van der Waals surface area contributed by atoms with Crippen molar-refractivity contribution < 1.29 is 19.4 Å². The minimum Gasteiger partial charge on any atom is -0.500 e. The molecule has 2 aromatic carbocycles. The molecular formula is C19H18N2O4S. The molecule has 26 heavy (non-hydrogen) atoms. The van der Waals surface area contributed by atoms with Gasteiger partial charge in [0.1, 0.15) is 16.2 Å². The highest BCUT2D eigenvalue weighted by Gasteiger charge is 2.33. The fourth-order valence-corrected chi connectivity index (χ4v) is 4.04. The number of thiazole rings is 1. The van der Waals surface area contributed by atoms with E-state index in [0.29, 0.717) is 28.7 Å². The molecule has 0 bridgehead atoms. The van der Waals surface area contributed by atoms with Crippen LogP contribution in [0.4, 0.5) is 10.6 Å². The largest absolute Gasteiger partial charge is 0.500 e. The number of hydrogen-bond donors (Lipinski definition) is 1. The molecule has 0 saturated carbocycles. The van der Waals surface area contributed by atoms with Crippen molar-refractivity contribution in [1.29, 1.82) is 0 Å². The van der Waals surface area contributed by atoms with Crippen LogP contribution < -0.4 is 19.9 Å². The van der Waals surface area contributed by atoms with E-state index in [0.717, 1.165) is 5.56 Å². The third kappa shape index (κ3) is 3.62. The van der Waals surface area contributed by atoms with E-state index in [1.54, 1.807) is 31.4 Å². The smallest absolute Gasteiger partial charge is 0.381 e. The Bertz CT molecular complexity index is 892. The molecule has 0 radical (unpaired) electrons. The third-order valence-corrected chi connectivity index (χ3v) is 5.56. The first-order valence-electron chi connectivity index (χ1n) is 7.88. The quantitative estimate of drug-likeness (QED) is 0.643. The molecule has 1 atom stereocenters. The number of carboxylic acid groups (broad SMARTS) is 1. The SMILES string of the molecule is COc1ccc(-c2nc(NCc3ccccc3)c(OC)[s+]2C(=O)[O-])cc1. The molecule has 0 aliphatic heterocycles. The van der Waals surface area contributed by atoms with Crippen molar-refractivity contribution in [2.75, 3.05) is 19.5 Å². The fourth-order valence-electron chi connectivity index (χ4n) is 2.52. The van der Waals surface area contributed by atoms with Crippen molar-refractivity contribution in [2.24, 2.45) is 0 Å². The lowest BCUT2D eigenvalue weighted by molar-refractivity contribution is -0.233. The van der Waals surface area contributed by atoms with Gasteiger partial charge in [0.25, 0.3) is 5.01 Å². The molecule has 0 spiro atoms. The molecular weight excluding hydrogens is 352 g/mol. The average Bonchev–Trinajstić information content (AvgIpc) is 3.06. The normalized spacial score (nSPS) is 11.1. The van der Waals surface area contributed by atoms with Crippen LogP contribution >= 0.6 is 10.5 Å². The van der Waals surface area contributed by atoms with Gasteiger partial charge in [-0.15, -0.1) is 0 Å². The number of aromatic nitrogens is 1. The number of nitrogens with one attached hydrogen (secondary N) is 1. The highest BCUT2D eigenvalue weighted by Crippen LogP contribution is 2.47. The van der Waals surface area contributed by atoms with Gasteiger partial charge in [0.05, 0.1) is 19.8 Å². The second-order valence-electron chi connectivity index (χ2n) is 5.38. The molecule has 1 aromatic heterocycles. The van der Waals surface area contributed by atoms with Gasteiger partial charge in [-0.2, -0.15) is 4.98 Å². The molecule has 1 heterocycles. The van der Waals surface area contributed by atoms with E-state index in [-0.39, 0.29) is 5.06 Å². The fraction of sp³-hybridized carbons (Fsp3) is 0.158. The minimum absolute atomic E-state index is 0.270. The van der Waals surface area contributed by atoms with Gasteiger partial charge in [-0.3, -0.25) is 0 Å². The summed E-state index contributed by atoms with van der Waals surface area (Å²) < 4.78 is 10.5. The van der Waals surface area contributed by atoms with Gasteiger partial charge in [-0.05, 0) is 29.8 Å². The monoisotopic (exact) mass is 370 g/mol. The first kappa shape index (κ1) is 17.8. The number of ether oxygens (including phenoxy) is 2. The standard InChI is InChI=1S/C19H18N2O4S/c1-24-15-10-8-14(9-11-15)17-21-16(18(25-2)26(17)19(22)23)20-12-13-6-4-3-5-7-13/h3-11,20H,12H2,1-2H3. The Morgan fingerprint density at radius 2 is 1.77 bits per heavy atom. The molecule has 0 aliphatic carbocycles. The van der Waals surface area contributed by atoms with Gasteiger partial charge in [0.2, 0.25) is 5.82 Å². The summed E-state index contributed by atoms with van der Waals surface area (Å²) in [7, 11) is 1.62. The summed E-state index contributed by atoms with van der Waals surface area (Å²) in [6.07, 6.45) is 0. The van der Waals surface area contributed by atoms with Crippen LogP contribution in [0.5, 0.6) is 10.8 Å². The van der Waals surface area contributed by atoms with Crippen molar-refractivity contribution in [3.63, 3.8) is 0 Å².